The third kappa shape index (κ3) is 4.29. The van der Waals surface area contributed by atoms with Crippen LogP contribution in [-0.2, 0) is 6.54 Å². The second-order valence-electron chi connectivity index (χ2n) is 4.39. The van der Waals surface area contributed by atoms with Crippen molar-refractivity contribution in [2.75, 3.05) is 19.0 Å². The van der Waals surface area contributed by atoms with E-state index in [1.165, 1.54) is 0 Å². The van der Waals surface area contributed by atoms with Crippen molar-refractivity contribution in [2.24, 2.45) is 0 Å². The summed E-state index contributed by atoms with van der Waals surface area (Å²) in [6.45, 7) is 3.22. The zero-order chi connectivity index (χ0) is 15.2. The first-order valence-corrected chi connectivity index (χ1v) is 7.79. The Morgan fingerprint density at radius 1 is 1.14 bits per heavy atom. The van der Waals surface area contributed by atoms with Crippen molar-refractivity contribution >= 4 is 33.2 Å². The molecule has 0 heterocycles. The SMILES string of the molecule is CCOc1cc(Br)c(CNc2ccc(Cl)cc2)cc1OC. The van der Waals surface area contributed by atoms with Gasteiger partial charge in [0.25, 0.3) is 0 Å². The highest BCUT2D eigenvalue weighted by molar-refractivity contribution is 9.10. The first-order valence-electron chi connectivity index (χ1n) is 6.62. The molecular formula is C16H17BrClNO2. The van der Waals surface area contributed by atoms with Gasteiger partial charge in [0.2, 0.25) is 0 Å². The standard InChI is InChI=1S/C16H17BrClNO2/c1-3-21-16-9-14(17)11(8-15(16)20-2)10-19-13-6-4-12(18)5-7-13/h4-9,19H,3,10H2,1-2H3. The fraction of sp³-hybridized carbons (Fsp3) is 0.250. The zero-order valence-electron chi connectivity index (χ0n) is 12.0. The van der Waals surface area contributed by atoms with Crippen LogP contribution in [0.4, 0.5) is 5.69 Å². The summed E-state index contributed by atoms with van der Waals surface area (Å²) in [5.74, 6) is 1.47. The summed E-state index contributed by atoms with van der Waals surface area (Å²) < 4.78 is 11.9. The fourth-order valence-electron chi connectivity index (χ4n) is 1.91. The number of hydrogen-bond acceptors (Lipinski definition) is 3. The summed E-state index contributed by atoms with van der Waals surface area (Å²) in [5, 5.41) is 4.07. The number of anilines is 1. The lowest BCUT2D eigenvalue weighted by Gasteiger charge is -2.14. The molecule has 0 aliphatic heterocycles. The summed E-state index contributed by atoms with van der Waals surface area (Å²) in [7, 11) is 1.64. The average Bonchev–Trinajstić information content (AvgIpc) is 2.48. The summed E-state index contributed by atoms with van der Waals surface area (Å²) in [6, 6.07) is 11.5. The molecule has 0 amide bonds. The van der Waals surface area contributed by atoms with Gasteiger partial charge in [0.15, 0.2) is 11.5 Å². The van der Waals surface area contributed by atoms with Crippen molar-refractivity contribution in [1.82, 2.24) is 0 Å². The van der Waals surface area contributed by atoms with Gasteiger partial charge in [0.05, 0.1) is 13.7 Å². The van der Waals surface area contributed by atoms with Crippen molar-refractivity contribution in [3.8, 4) is 11.5 Å². The van der Waals surface area contributed by atoms with Crippen LogP contribution in [0.5, 0.6) is 11.5 Å². The van der Waals surface area contributed by atoms with Crippen molar-refractivity contribution in [3.05, 3.63) is 51.5 Å². The Kier molecular flexibility index (Phi) is 5.76. The summed E-state index contributed by atoms with van der Waals surface area (Å²) in [4.78, 5) is 0. The smallest absolute Gasteiger partial charge is 0.162 e. The molecule has 0 fully saturated rings. The number of methoxy groups -OCH3 is 1. The van der Waals surface area contributed by atoms with E-state index >= 15 is 0 Å². The van der Waals surface area contributed by atoms with Crippen LogP contribution in [0.15, 0.2) is 40.9 Å². The first-order chi connectivity index (χ1) is 10.1. The Balaban J connectivity index is 2.14. The van der Waals surface area contributed by atoms with Crippen LogP contribution in [0.25, 0.3) is 0 Å². The largest absolute Gasteiger partial charge is 0.493 e. The maximum absolute atomic E-state index is 5.88. The van der Waals surface area contributed by atoms with Crippen LogP contribution in [0.3, 0.4) is 0 Å². The highest BCUT2D eigenvalue weighted by Gasteiger charge is 2.10. The maximum atomic E-state index is 5.88. The van der Waals surface area contributed by atoms with Crippen molar-refractivity contribution < 1.29 is 9.47 Å². The first kappa shape index (κ1) is 16.0. The van der Waals surface area contributed by atoms with Crippen molar-refractivity contribution in [2.45, 2.75) is 13.5 Å². The van der Waals surface area contributed by atoms with Gasteiger partial charge in [-0.25, -0.2) is 0 Å². The lowest BCUT2D eigenvalue weighted by atomic mass is 10.2. The summed E-state index contributed by atoms with van der Waals surface area (Å²) in [6.07, 6.45) is 0. The van der Waals surface area contributed by atoms with Crippen LogP contribution in [0.2, 0.25) is 5.02 Å². The molecule has 5 heteroatoms. The molecule has 0 saturated carbocycles. The number of benzene rings is 2. The summed E-state index contributed by atoms with van der Waals surface area (Å²) >= 11 is 9.44. The molecule has 2 aromatic carbocycles. The van der Waals surface area contributed by atoms with E-state index in [2.05, 4.69) is 21.2 Å². The topological polar surface area (TPSA) is 30.5 Å². The number of hydrogen-bond donors (Lipinski definition) is 1. The van der Waals surface area contributed by atoms with Gasteiger partial charge in [-0.2, -0.15) is 0 Å². The highest BCUT2D eigenvalue weighted by Crippen LogP contribution is 2.34. The zero-order valence-corrected chi connectivity index (χ0v) is 14.3. The lowest BCUT2D eigenvalue weighted by Crippen LogP contribution is -2.02. The van der Waals surface area contributed by atoms with E-state index in [-0.39, 0.29) is 0 Å². The number of rotatable bonds is 6. The quantitative estimate of drug-likeness (QED) is 0.765. The molecule has 0 aliphatic rings. The Morgan fingerprint density at radius 2 is 1.86 bits per heavy atom. The molecule has 0 atom stereocenters. The van der Waals surface area contributed by atoms with Gasteiger partial charge in [-0.15, -0.1) is 0 Å². The number of halogens is 2. The molecule has 3 nitrogen and oxygen atoms in total. The molecule has 2 aromatic rings. The van der Waals surface area contributed by atoms with Crippen molar-refractivity contribution in [3.63, 3.8) is 0 Å². The van der Waals surface area contributed by atoms with E-state index in [1.807, 2.05) is 43.3 Å². The monoisotopic (exact) mass is 369 g/mol. The molecule has 0 unspecified atom stereocenters. The van der Waals surface area contributed by atoms with Crippen LogP contribution >= 0.6 is 27.5 Å². The third-order valence-corrected chi connectivity index (χ3v) is 3.95. The molecule has 0 radical (unpaired) electrons. The van der Waals surface area contributed by atoms with E-state index in [0.29, 0.717) is 13.2 Å². The van der Waals surface area contributed by atoms with Crippen LogP contribution < -0.4 is 14.8 Å². The van der Waals surface area contributed by atoms with Gasteiger partial charge in [-0.3, -0.25) is 0 Å². The molecule has 21 heavy (non-hydrogen) atoms. The molecule has 112 valence electrons. The van der Waals surface area contributed by atoms with E-state index < -0.39 is 0 Å². The molecule has 1 N–H and O–H groups in total. The second kappa shape index (κ2) is 7.57. The van der Waals surface area contributed by atoms with Gasteiger partial charge >= 0.3 is 0 Å². The predicted octanol–water partition coefficient (Wildman–Crippen LogP) is 5.12. The minimum atomic E-state index is 0.602. The molecule has 0 aliphatic carbocycles. The molecule has 0 aromatic heterocycles. The number of nitrogens with one attached hydrogen (secondary N) is 1. The Hall–Kier alpha value is -1.39. The highest BCUT2D eigenvalue weighted by atomic mass is 79.9. The maximum Gasteiger partial charge on any atom is 0.162 e. The van der Waals surface area contributed by atoms with E-state index in [0.717, 1.165) is 32.2 Å². The normalized spacial score (nSPS) is 10.3. The van der Waals surface area contributed by atoms with Crippen molar-refractivity contribution in [1.29, 1.82) is 0 Å². The molecule has 0 spiro atoms. The van der Waals surface area contributed by atoms with Gasteiger partial charge in [0.1, 0.15) is 0 Å². The minimum Gasteiger partial charge on any atom is -0.493 e. The van der Waals surface area contributed by atoms with Gasteiger partial charge in [-0.1, -0.05) is 27.5 Å². The third-order valence-electron chi connectivity index (χ3n) is 2.96. The predicted molar refractivity (Wildman–Crippen MR) is 90.6 cm³/mol. The summed E-state index contributed by atoms with van der Waals surface area (Å²) in [5.41, 5.74) is 2.10. The molecule has 0 bridgehead atoms. The fourth-order valence-corrected chi connectivity index (χ4v) is 2.49. The molecule has 2 rings (SSSR count). The van der Waals surface area contributed by atoms with E-state index in [4.69, 9.17) is 21.1 Å². The van der Waals surface area contributed by atoms with Crippen LogP contribution in [0, 0.1) is 0 Å². The average molecular weight is 371 g/mol. The van der Waals surface area contributed by atoms with Crippen LogP contribution in [-0.4, -0.2) is 13.7 Å². The van der Waals surface area contributed by atoms with E-state index in [9.17, 15) is 0 Å². The Morgan fingerprint density at radius 3 is 2.48 bits per heavy atom. The van der Waals surface area contributed by atoms with Crippen LogP contribution in [0.1, 0.15) is 12.5 Å². The van der Waals surface area contributed by atoms with Gasteiger partial charge in [0, 0.05) is 21.7 Å². The Labute approximate surface area is 138 Å². The van der Waals surface area contributed by atoms with Gasteiger partial charge < -0.3 is 14.8 Å². The lowest BCUT2D eigenvalue weighted by molar-refractivity contribution is 0.310. The molecule has 0 saturated heterocycles. The Bertz CT molecular complexity index is 602. The minimum absolute atomic E-state index is 0.602. The number of ether oxygens (including phenoxy) is 2. The van der Waals surface area contributed by atoms with Gasteiger partial charge in [-0.05, 0) is 48.9 Å². The molecular weight excluding hydrogens is 354 g/mol. The van der Waals surface area contributed by atoms with E-state index in [1.54, 1.807) is 7.11 Å². The second-order valence-corrected chi connectivity index (χ2v) is 5.68.